The van der Waals surface area contributed by atoms with Crippen LogP contribution in [0.1, 0.15) is 20.3 Å². The Morgan fingerprint density at radius 1 is 1.40 bits per heavy atom. The van der Waals surface area contributed by atoms with Crippen molar-refractivity contribution in [1.29, 1.82) is 5.26 Å². The van der Waals surface area contributed by atoms with Gasteiger partial charge >= 0.3 is 5.97 Å². The summed E-state index contributed by atoms with van der Waals surface area (Å²) in [5.41, 5.74) is 0.607. The van der Waals surface area contributed by atoms with Gasteiger partial charge in [-0.15, -0.1) is 0 Å². The van der Waals surface area contributed by atoms with E-state index in [0.717, 1.165) is 6.42 Å². The average molecular weight is 274 g/mol. The summed E-state index contributed by atoms with van der Waals surface area (Å²) in [6.07, 6.45) is 2.22. The summed E-state index contributed by atoms with van der Waals surface area (Å²) in [7, 11) is 0. The van der Waals surface area contributed by atoms with Crippen LogP contribution in [0.4, 0.5) is 5.69 Å². The Kier molecular flexibility index (Phi) is 6.69. The molecule has 5 nitrogen and oxygen atoms in total. The molecule has 0 unspecified atom stereocenters. The number of carbonyl (C=O) groups is 1. The lowest BCUT2D eigenvalue weighted by molar-refractivity contribution is -0.138. The van der Waals surface area contributed by atoms with Gasteiger partial charge < -0.3 is 14.8 Å². The monoisotopic (exact) mass is 274 g/mol. The lowest BCUT2D eigenvalue weighted by atomic mass is 10.2. The predicted octanol–water partition coefficient (Wildman–Crippen LogP) is 2.86. The molecule has 20 heavy (non-hydrogen) atoms. The first-order valence-corrected chi connectivity index (χ1v) is 6.48. The fourth-order valence-electron chi connectivity index (χ4n) is 1.42. The summed E-state index contributed by atoms with van der Waals surface area (Å²) >= 11 is 0. The highest BCUT2D eigenvalue weighted by Crippen LogP contribution is 2.24. The van der Waals surface area contributed by atoms with Gasteiger partial charge in [-0.3, -0.25) is 0 Å². The molecule has 0 aromatic heterocycles. The van der Waals surface area contributed by atoms with Gasteiger partial charge in [-0.2, -0.15) is 5.26 Å². The van der Waals surface area contributed by atoms with Crippen LogP contribution in [0.3, 0.4) is 0 Å². The second-order valence-electron chi connectivity index (χ2n) is 3.88. The molecule has 0 saturated carbocycles. The molecule has 1 N–H and O–H groups in total. The quantitative estimate of drug-likeness (QED) is 0.470. The second-order valence-corrected chi connectivity index (χ2v) is 3.88. The third kappa shape index (κ3) is 4.65. The van der Waals surface area contributed by atoms with Crippen molar-refractivity contribution in [2.75, 3.05) is 18.5 Å². The van der Waals surface area contributed by atoms with E-state index in [2.05, 4.69) is 5.32 Å². The Bertz CT molecular complexity index is 518. The number of ether oxygens (including phenoxy) is 2. The van der Waals surface area contributed by atoms with Crippen molar-refractivity contribution < 1.29 is 14.3 Å². The molecule has 0 amide bonds. The second kappa shape index (κ2) is 8.59. The fourth-order valence-corrected chi connectivity index (χ4v) is 1.42. The zero-order valence-corrected chi connectivity index (χ0v) is 11.7. The number of nitrogens with one attached hydrogen (secondary N) is 1. The van der Waals surface area contributed by atoms with E-state index in [0.29, 0.717) is 18.0 Å². The van der Waals surface area contributed by atoms with Crippen molar-refractivity contribution >= 4 is 11.7 Å². The summed E-state index contributed by atoms with van der Waals surface area (Å²) in [5.74, 6) is 0.0289. The topological polar surface area (TPSA) is 71.3 Å². The van der Waals surface area contributed by atoms with Gasteiger partial charge in [0.1, 0.15) is 11.8 Å². The van der Waals surface area contributed by atoms with Crippen molar-refractivity contribution in [2.45, 2.75) is 20.3 Å². The number of esters is 1. The molecule has 1 aromatic rings. The van der Waals surface area contributed by atoms with Gasteiger partial charge in [-0.25, -0.2) is 4.79 Å². The Morgan fingerprint density at radius 2 is 2.15 bits per heavy atom. The molecule has 0 radical (unpaired) electrons. The number of para-hydroxylation sites is 2. The molecule has 106 valence electrons. The Balaban J connectivity index is 2.82. The lowest BCUT2D eigenvalue weighted by Gasteiger charge is -2.10. The number of nitrogens with zero attached hydrogens (tertiary/aromatic N) is 1. The van der Waals surface area contributed by atoms with Crippen LogP contribution < -0.4 is 10.1 Å². The van der Waals surface area contributed by atoms with Crippen LogP contribution in [0.2, 0.25) is 0 Å². The van der Waals surface area contributed by atoms with E-state index in [9.17, 15) is 4.79 Å². The smallest absolute Gasteiger partial charge is 0.350 e. The van der Waals surface area contributed by atoms with E-state index in [1.807, 2.05) is 31.2 Å². The first-order chi connectivity index (χ1) is 9.72. The average Bonchev–Trinajstić information content (AvgIpc) is 2.47. The number of hydrogen-bond acceptors (Lipinski definition) is 5. The van der Waals surface area contributed by atoms with Crippen molar-refractivity contribution in [3.05, 3.63) is 36.0 Å². The number of carbonyl (C=O) groups excluding carboxylic acids is 1. The summed E-state index contributed by atoms with van der Waals surface area (Å²) in [4.78, 5) is 11.5. The Labute approximate surface area is 118 Å². The van der Waals surface area contributed by atoms with E-state index in [-0.39, 0.29) is 12.2 Å². The number of rotatable bonds is 7. The van der Waals surface area contributed by atoms with Crippen LogP contribution in [-0.4, -0.2) is 19.2 Å². The third-order valence-electron chi connectivity index (χ3n) is 2.34. The number of benzene rings is 1. The van der Waals surface area contributed by atoms with Gasteiger partial charge in [0.15, 0.2) is 5.57 Å². The van der Waals surface area contributed by atoms with Crippen molar-refractivity contribution in [3.8, 4) is 11.8 Å². The van der Waals surface area contributed by atoms with Crippen LogP contribution in [0.5, 0.6) is 5.75 Å². The molecule has 0 aliphatic carbocycles. The van der Waals surface area contributed by atoms with Gasteiger partial charge in [0.25, 0.3) is 0 Å². The summed E-state index contributed by atoms with van der Waals surface area (Å²) < 4.78 is 10.3. The van der Waals surface area contributed by atoms with Gasteiger partial charge in [0.05, 0.1) is 18.9 Å². The van der Waals surface area contributed by atoms with Crippen molar-refractivity contribution in [2.24, 2.45) is 0 Å². The van der Waals surface area contributed by atoms with Crippen LogP contribution in [0, 0.1) is 11.3 Å². The summed E-state index contributed by atoms with van der Waals surface area (Å²) in [6, 6.07) is 9.13. The molecule has 0 atom stereocenters. The first-order valence-electron chi connectivity index (χ1n) is 6.48. The maximum atomic E-state index is 11.5. The normalized spacial score (nSPS) is 10.6. The summed E-state index contributed by atoms with van der Waals surface area (Å²) in [5, 5.41) is 11.8. The highest BCUT2D eigenvalue weighted by molar-refractivity contribution is 5.93. The minimum Gasteiger partial charge on any atom is -0.491 e. The molecule has 1 rings (SSSR count). The number of hydrogen-bond donors (Lipinski definition) is 1. The minimum absolute atomic E-state index is 0.0860. The summed E-state index contributed by atoms with van der Waals surface area (Å²) in [6.45, 7) is 4.54. The SMILES string of the molecule is CCCOc1ccccc1N/C=C(\C#N)C(=O)OCC. The van der Waals surface area contributed by atoms with Gasteiger partial charge in [-0.05, 0) is 25.5 Å². The predicted molar refractivity (Wildman–Crippen MR) is 76.2 cm³/mol. The van der Waals surface area contributed by atoms with Crippen LogP contribution >= 0.6 is 0 Å². The zero-order valence-electron chi connectivity index (χ0n) is 11.7. The van der Waals surface area contributed by atoms with Gasteiger partial charge in [0, 0.05) is 6.20 Å². The first kappa shape index (κ1) is 15.6. The van der Waals surface area contributed by atoms with E-state index >= 15 is 0 Å². The largest absolute Gasteiger partial charge is 0.491 e. The van der Waals surface area contributed by atoms with Crippen LogP contribution in [-0.2, 0) is 9.53 Å². The molecule has 0 bridgehead atoms. The number of nitriles is 1. The molecule has 0 aliphatic heterocycles. The number of anilines is 1. The zero-order chi connectivity index (χ0) is 14.8. The highest BCUT2D eigenvalue weighted by atomic mass is 16.5. The highest BCUT2D eigenvalue weighted by Gasteiger charge is 2.10. The Morgan fingerprint density at radius 3 is 2.80 bits per heavy atom. The molecule has 0 aliphatic rings. The molecule has 5 heteroatoms. The molecular formula is C15H18N2O3. The van der Waals surface area contributed by atoms with E-state index in [4.69, 9.17) is 14.7 Å². The maximum Gasteiger partial charge on any atom is 0.350 e. The van der Waals surface area contributed by atoms with E-state index in [1.165, 1.54) is 6.20 Å². The van der Waals surface area contributed by atoms with Gasteiger partial charge in [0.2, 0.25) is 0 Å². The standard InChI is InChI=1S/C15H18N2O3/c1-3-9-20-14-8-6-5-7-13(14)17-11-12(10-16)15(18)19-4-2/h5-8,11,17H,3-4,9H2,1-2H3/b12-11+. The lowest BCUT2D eigenvalue weighted by Crippen LogP contribution is -2.08. The fraction of sp³-hybridized carbons (Fsp3) is 0.333. The molecule has 0 fully saturated rings. The van der Waals surface area contributed by atoms with Crippen molar-refractivity contribution in [3.63, 3.8) is 0 Å². The molecular weight excluding hydrogens is 256 g/mol. The molecule has 0 saturated heterocycles. The molecule has 1 aromatic carbocycles. The van der Waals surface area contributed by atoms with E-state index in [1.54, 1.807) is 13.0 Å². The van der Waals surface area contributed by atoms with Crippen molar-refractivity contribution in [1.82, 2.24) is 0 Å². The molecule has 0 heterocycles. The van der Waals surface area contributed by atoms with Gasteiger partial charge in [-0.1, -0.05) is 19.1 Å². The van der Waals surface area contributed by atoms with Crippen LogP contribution in [0.15, 0.2) is 36.0 Å². The van der Waals surface area contributed by atoms with E-state index < -0.39 is 5.97 Å². The maximum absolute atomic E-state index is 11.5. The Hall–Kier alpha value is -2.48. The minimum atomic E-state index is -0.644. The third-order valence-corrected chi connectivity index (χ3v) is 2.34. The molecule has 0 spiro atoms. The van der Waals surface area contributed by atoms with Crippen LogP contribution in [0.25, 0.3) is 0 Å².